The molecule has 176 valence electrons. The number of anilines is 1. The van der Waals surface area contributed by atoms with Crippen LogP contribution in [-0.2, 0) is 4.79 Å². The van der Waals surface area contributed by atoms with Crippen molar-refractivity contribution < 1.29 is 14.3 Å². The Labute approximate surface area is 216 Å². The van der Waals surface area contributed by atoms with Crippen LogP contribution >= 0.6 is 46.4 Å². The van der Waals surface area contributed by atoms with Crippen molar-refractivity contribution >= 4 is 69.6 Å². The van der Waals surface area contributed by atoms with E-state index in [1.54, 1.807) is 62.4 Å². The molecule has 1 unspecified atom stereocenters. The lowest BCUT2D eigenvalue weighted by Crippen LogP contribution is -2.34. The zero-order chi connectivity index (χ0) is 24.8. The third-order valence-corrected chi connectivity index (χ3v) is 5.72. The Balaban J connectivity index is 1.58. The number of carbonyl (C=O) groups excluding carboxylic acids is 2. The van der Waals surface area contributed by atoms with Crippen molar-refractivity contribution in [2.75, 3.05) is 5.32 Å². The zero-order valence-electron chi connectivity index (χ0n) is 18.0. The zero-order valence-corrected chi connectivity index (χ0v) is 21.1. The van der Waals surface area contributed by atoms with Crippen LogP contribution in [0.3, 0.4) is 0 Å². The lowest BCUT2D eigenvalue weighted by Gasteiger charge is -2.14. The topological polar surface area (TPSA) is 79.8 Å². The molecule has 1 atom stereocenters. The van der Waals surface area contributed by atoms with Crippen LogP contribution in [0.15, 0.2) is 65.8 Å². The fraction of sp³-hybridized carbons (Fsp3) is 0.125. The van der Waals surface area contributed by atoms with Gasteiger partial charge in [-0.2, -0.15) is 5.10 Å². The van der Waals surface area contributed by atoms with Gasteiger partial charge in [-0.3, -0.25) is 9.59 Å². The molecule has 10 heteroatoms. The normalized spacial score (nSPS) is 12.1. The monoisotopic (exact) mass is 537 g/mol. The molecular weight excluding hydrogens is 520 g/mol. The van der Waals surface area contributed by atoms with E-state index in [4.69, 9.17) is 51.1 Å². The molecule has 3 aromatic carbocycles. The lowest BCUT2D eigenvalue weighted by molar-refractivity contribution is -0.127. The van der Waals surface area contributed by atoms with Gasteiger partial charge in [0.15, 0.2) is 6.10 Å². The van der Waals surface area contributed by atoms with Gasteiger partial charge in [-0.25, -0.2) is 5.43 Å². The first-order chi connectivity index (χ1) is 16.1. The Hall–Kier alpha value is -2.77. The number of hydrogen-bond donors (Lipinski definition) is 2. The maximum Gasteiger partial charge on any atom is 0.280 e. The van der Waals surface area contributed by atoms with Crippen molar-refractivity contribution in [3.05, 3.63) is 91.9 Å². The number of amides is 2. The summed E-state index contributed by atoms with van der Waals surface area (Å²) in [6, 6.07) is 16.3. The first-order valence-electron chi connectivity index (χ1n) is 9.96. The largest absolute Gasteiger partial charge is 0.479 e. The fourth-order valence-corrected chi connectivity index (χ4v) is 3.72. The predicted octanol–water partition coefficient (Wildman–Crippen LogP) is 6.86. The number of ether oxygens (including phenoxy) is 1. The lowest BCUT2D eigenvalue weighted by atomic mass is 10.1. The second-order valence-electron chi connectivity index (χ2n) is 7.16. The molecule has 0 aliphatic rings. The summed E-state index contributed by atoms with van der Waals surface area (Å²) in [6.07, 6.45) is -0.840. The van der Waals surface area contributed by atoms with E-state index in [2.05, 4.69) is 15.8 Å². The summed E-state index contributed by atoms with van der Waals surface area (Å²) in [4.78, 5) is 24.8. The molecule has 34 heavy (non-hydrogen) atoms. The van der Waals surface area contributed by atoms with Crippen LogP contribution in [0.4, 0.5) is 5.69 Å². The molecule has 3 aromatic rings. The summed E-state index contributed by atoms with van der Waals surface area (Å²) in [5.74, 6) is -0.470. The van der Waals surface area contributed by atoms with Crippen LogP contribution in [0, 0.1) is 0 Å². The Morgan fingerprint density at radius 2 is 1.50 bits per heavy atom. The highest BCUT2D eigenvalue weighted by atomic mass is 35.5. The Bertz CT molecular complexity index is 1250. The van der Waals surface area contributed by atoms with E-state index < -0.39 is 12.0 Å². The Kier molecular flexibility index (Phi) is 8.80. The summed E-state index contributed by atoms with van der Waals surface area (Å²) in [6.45, 7) is 3.32. The molecule has 0 aliphatic heterocycles. The second-order valence-corrected chi connectivity index (χ2v) is 8.85. The van der Waals surface area contributed by atoms with Crippen molar-refractivity contribution in [1.82, 2.24) is 5.43 Å². The summed E-state index contributed by atoms with van der Waals surface area (Å²) in [5.41, 5.74) is 4.66. The molecule has 0 heterocycles. The van der Waals surface area contributed by atoms with E-state index in [-0.39, 0.29) is 10.9 Å². The minimum absolute atomic E-state index is 0.261. The van der Waals surface area contributed by atoms with E-state index in [1.807, 2.05) is 0 Å². The highest BCUT2D eigenvalue weighted by Crippen LogP contribution is 2.28. The average Bonchev–Trinajstić information content (AvgIpc) is 2.79. The molecule has 2 N–H and O–H groups in total. The quantitative estimate of drug-likeness (QED) is 0.254. The highest BCUT2D eigenvalue weighted by Gasteiger charge is 2.16. The SMILES string of the molecule is C/C(=N/NC(=O)C(C)Oc1ccc(Cl)cc1Cl)c1ccc(NC(=O)c2ccc(Cl)cc2Cl)cc1. The van der Waals surface area contributed by atoms with Crippen molar-refractivity contribution in [2.45, 2.75) is 20.0 Å². The van der Waals surface area contributed by atoms with E-state index >= 15 is 0 Å². The van der Waals surface area contributed by atoms with Gasteiger partial charge < -0.3 is 10.1 Å². The van der Waals surface area contributed by atoms with Gasteiger partial charge >= 0.3 is 0 Å². The van der Waals surface area contributed by atoms with E-state index in [1.165, 1.54) is 12.1 Å². The Morgan fingerprint density at radius 1 is 0.882 bits per heavy atom. The maximum absolute atomic E-state index is 12.4. The standard InChI is InChI=1S/C24H19Cl4N3O3/c1-13(30-31-23(32)14(2)34-22-10-6-17(26)12-21(22)28)15-3-7-18(8-4-15)29-24(33)19-9-5-16(25)11-20(19)27/h3-12,14H,1-2H3,(H,29,33)(H,31,32)/b30-13-. The predicted molar refractivity (Wildman–Crippen MR) is 138 cm³/mol. The fourth-order valence-electron chi connectivity index (χ4n) is 2.78. The van der Waals surface area contributed by atoms with Crippen LogP contribution in [-0.4, -0.2) is 23.6 Å². The molecule has 0 radical (unpaired) electrons. The van der Waals surface area contributed by atoms with Crippen LogP contribution in [0.25, 0.3) is 0 Å². The molecule has 0 aromatic heterocycles. The highest BCUT2D eigenvalue weighted by molar-refractivity contribution is 6.37. The van der Waals surface area contributed by atoms with E-state index in [0.717, 1.165) is 5.56 Å². The first kappa shape index (κ1) is 25.8. The minimum atomic E-state index is -0.840. The number of halogens is 4. The van der Waals surface area contributed by atoms with Crippen LogP contribution in [0.5, 0.6) is 5.75 Å². The van der Waals surface area contributed by atoms with Gasteiger partial charge in [-0.05, 0) is 67.9 Å². The molecular formula is C24H19Cl4N3O3. The van der Waals surface area contributed by atoms with Gasteiger partial charge in [-0.1, -0.05) is 58.5 Å². The molecule has 0 bridgehead atoms. The van der Waals surface area contributed by atoms with Gasteiger partial charge in [0.1, 0.15) is 5.75 Å². The van der Waals surface area contributed by atoms with Gasteiger partial charge in [0.2, 0.25) is 0 Å². The number of carbonyl (C=O) groups is 2. The van der Waals surface area contributed by atoms with Gasteiger partial charge in [-0.15, -0.1) is 0 Å². The van der Waals surface area contributed by atoms with Crippen LogP contribution in [0.2, 0.25) is 20.1 Å². The molecule has 0 aliphatic carbocycles. The number of nitrogens with zero attached hydrogens (tertiary/aromatic N) is 1. The van der Waals surface area contributed by atoms with E-state index in [9.17, 15) is 9.59 Å². The minimum Gasteiger partial charge on any atom is -0.479 e. The molecule has 2 amide bonds. The number of rotatable bonds is 7. The Morgan fingerprint density at radius 3 is 2.12 bits per heavy atom. The third kappa shape index (κ3) is 6.87. The van der Waals surface area contributed by atoms with Crippen molar-refractivity contribution in [1.29, 1.82) is 0 Å². The molecule has 0 saturated carbocycles. The van der Waals surface area contributed by atoms with Gasteiger partial charge in [0, 0.05) is 15.7 Å². The van der Waals surface area contributed by atoms with Crippen molar-refractivity contribution in [3.63, 3.8) is 0 Å². The van der Waals surface area contributed by atoms with Gasteiger partial charge in [0.25, 0.3) is 11.8 Å². The van der Waals surface area contributed by atoms with Gasteiger partial charge in [0.05, 0.1) is 21.3 Å². The second kappa shape index (κ2) is 11.6. The van der Waals surface area contributed by atoms with Crippen LogP contribution < -0.4 is 15.5 Å². The number of benzene rings is 3. The summed E-state index contributed by atoms with van der Waals surface area (Å²) >= 11 is 23.9. The van der Waals surface area contributed by atoms with Crippen molar-refractivity contribution in [2.24, 2.45) is 5.10 Å². The summed E-state index contributed by atoms with van der Waals surface area (Å²) in [5, 5.41) is 8.36. The molecule has 0 spiro atoms. The summed E-state index contributed by atoms with van der Waals surface area (Å²) < 4.78 is 5.58. The maximum atomic E-state index is 12.4. The summed E-state index contributed by atoms with van der Waals surface area (Å²) in [7, 11) is 0. The first-order valence-corrected chi connectivity index (χ1v) is 11.5. The molecule has 3 rings (SSSR count). The average molecular weight is 539 g/mol. The third-order valence-electron chi connectivity index (χ3n) is 4.64. The number of hydrazone groups is 1. The van der Waals surface area contributed by atoms with Crippen LogP contribution in [0.1, 0.15) is 29.8 Å². The molecule has 6 nitrogen and oxygen atoms in total. The number of nitrogens with one attached hydrogen (secondary N) is 2. The smallest absolute Gasteiger partial charge is 0.280 e. The van der Waals surface area contributed by atoms with Crippen molar-refractivity contribution in [3.8, 4) is 5.75 Å². The molecule has 0 fully saturated rings. The van der Waals surface area contributed by atoms with E-state index in [0.29, 0.717) is 37.8 Å². The number of hydrogen-bond acceptors (Lipinski definition) is 4. The molecule has 0 saturated heterocycles.